The normalized spacial score (nSPS) is 18.0. The molecule has 0 bridgehead atoms. The minimum atomic E-state index is 0.408. The molecule has 1 aliphatic heterocycles. The van der Waals surface area contributed by atoms with Crippen molar-refractivity contribution in [2.45, 2.75) is 18.9 Å². The summed E-state index contributed by atoms with van der Waals surface area (Å²) in [6, 6.07) is 2.03. The standard InChI is InChI=1S/C15H22N6O/c1-21(9-15-16-3-4-17-15)6-5-18-14-8-13(19-11-20-14)12-2-7-22-10-12/h3-4,8,11-12H,2,5-7,9-10H2,1H3,(H,16,17)(H,18,19,20)/t12-/m1/s1. The molecule has 0 unspecified atom stereocenters. The summed E-state index contributed by atoms with van der Waals surface area (Å²) in [5.74, 6) is 2.27. The van der Waals surface area contributed by atoms with Gasteiger partial charge in [0.15, 0.2) is 0 Å². The Bertz CT molecular complexity index is 567. The van der Waals surface area contributed by atoms with Crippen molar-refractivity contribution in [3.05, 3.63) is 36.3 Å². The maximum atomic E-state index is 5.42. The minimum absolute atomic E-state index is 0.408. The highest BCUT2D eigenvalue weighted by molar-refractivity contribution is 5.35. The van der Waals surface area contributed by atoms with Crippen LogP contribution in [0.15, 0.2) is 24.8 Å². The molecule has 0 radical (unpaired) electrons. The lowest BCUT2D eigenvalue weighted by atomic mass is 10.1. The highest BCUT2D eigenvalue weighted by Gasteiger charge is 2.19. The Morgan fingerprint density at radius 2 is 2.36 bits per heavy atom. The first-order valence-corrected chi connectivity index (χ1v) is 7.61. The van der Waals surface area contributed by atoms with Gasteiger partial charge in [0.1, 0.15) is 18.0 Å². The van der Waals surface area contributed by atoms with Gasteiger partial charge in [0.2, 0.25) is 0 Å². The molecule has 22 heavy (non-hydrogen) atoms. The molecule has 0 saturated carbocycles. The molecule has 3 rings (SSSR count). The van der Waals surface area contributed by atoms with Gasteiger partial charge in [-0.3, -0.25) is 4.90 Å². The zero-order valence-corrected chi connectivity index (χ0v) is 12.8. The molecular formula is C15H22N6O. The number of nitrogens with zero attached hydrogens (tertiary/aromatic N) is 4. The number of nitrogens with one attached hydrogen (secondary N) is 2. The summed E-state index contributed by atoms with van der Waals surface area (Å²) in [6.07, 6.45) is 6.29. The number of aromatic amines is 1. The largest absolute Gasteiger partial charge is 0.381 e. The maximum Gasteiger partial charge on any atom is 0.129 e. The zero-order valence-electron chi connectivity index (χ0n) is 12.8. The molecule has 0 spiro atoms. The number of anilines is 1. The van der Waals surface area contributed by atoms with E-state index in [1.54, 1.807) is 12.5 Å². The number of imidazole rings is 1. The highest BCUT2D eigenvalue weighted by Crippen LogP contribution is 2.24. The molecule has 1 atom stereocenters. The van der Waals surface area contributed by atoms with Gasteiger partial charge in [-0.1, -0.05) is 0 Å². The second kappa shape index (κ2) is 7.33. The molecule has 7 heteroatoms. The van der Waals surface area contributed by atoms with Crippen LogP contribution in [0.1, 0.15) is 23.9 Å². The SMILES string of the molecule is CN(CCNc1cc([C@@H]2CCOC2)ncn1)Cc1ncc[nH]1. The van der Waals surface area contributed by atoms with E-state index in [4.69, 9.17) is 4.74 Å². The van der Waals surface area contributed by atoms with E-state index in [9.17, 15) is 0 Å². The summed E-state index contributed by atoms with van der Waals surface area (Å²) in [7, 11) is 2.07. The number of ether oxygens (including phenoxy) is 1. The molecule has 1 fully saturated rings. The van der Waals surface area contributed by atoms with Gasteiger partial charge >= 0.3 is 0 Å². The lowest BCUT2D eigenvalue weighted by Gasteiger charge is -2.16. The second-order valence-electron chi connectivity index (χ2n) is 5.59. The Balaban J connectivity index is 1.46. The molecular weight excluding hydrogens is 280 g/mol. The summed E-state index contributed by atoms with van der Waals surface area (Å²) < 4.78 is 5.42. The predicted octanol–water partition coefficient (Wildman–Crippen LogP) is 1.25. The van der Waals surface area contributed by atoms with Crippen LogP contribution >= 0.6 is 0 Å². The van der Waals surface area contributed by atoms with Crippen molar-refractivity contribution >= 4 is 5.82 Å². The number of aromatic nitrogens is 4. The van der Waals surface area contributed by atoms with Crippen LogP contribution in [0.25, 0.3) is 0 Å². The molecule has 0 aromatic carbocycles. The molecule has 0 aliphatic carbocycles. The van der Waals surface area contributed by atoms with Crippen molar-refractivity contribution in [1.82, 2.24) is 24.8 Å². The fourth-order valence-corrected chi connectivity index (χ4v) is 2.55. The third kappa shape index (κ3) is 4.02. The van der Waals surface area contributed by atoms with E-state index >= 15 is 0 Å². The molecule has 2 aromatic heterocycles. The van der Waals surface area contributed by atoms with Crippen molar-refractivity contribution in [1.29, 1.82) is 0 Å². The monoisotopic (exact) mass is 302 g/mol. The Kier molecular flexibility index (Phi) is 4.97. The average molecular weight is 302 g/mol. The van der Waals surface area contributed by atoms with Crippen LogP contribution < -0.4 is 5.32 Å². The minimum Gasteiger partial charge on any atom is -0.381 e. The van der Waals surface area contributed by atoms with Crippen molar-refractivity contribution in [2.75, 3.05) is 38.7 Å². The number of likely N-dealkylation sites (N-methyl/N-ethyl adjacent to an activating group) is 1. The van der Waals surface area contributed by atoms with E-state index in [1.165, 1.54) is 0 Å². The van der Waals surface area contributed by atoms with Gasteiger partial charge in [0, 0.05) is 44.1 Å². The van der Waals surface area contributed by atoms with E-state index in [0.717, 1.165) is 56.6 Å². The van der Waals surface area contributed by atoms with Crippen LogP contribution in [0, 0.1) is 0 Å². The van der Waals surface area contributed by atoms with E-state index < -0.39 is 0 Å². The number of hydrogen-bond acceptors (Lipinski definition) is 6. The van der Waals surface area contributed by atoms with E-state index in [0.29, 0.717) is 5.92 Å². The Morgan fingerprint density at radius 3 is 3.14 bits per heavy atom. The maximum absolute atomic E-state index is 5.42. The Labute approximate surface area is 130 Å². The molecule has 118 valence electrons. The zero-order chi connectivity index (χ0) is 15.2. The Hall–Kier alpha value is -1.99. The Morgan fingerprint density at radius 1 is 1.41 bits per heavy atom. The fraction of sp³-hybridized carbons (Fsp3) is 0.533. The lowest BCUT2D eigenvalue weighted by molar-refractivity contribution is 0.193. The van der Waals surface area contributed by atoms with Crippen LogP contribution in [0.5, 0.6) is 0 Å². The highest BCUT2D eigenvalue weighted by atomic mass is 16.5. The first-order valence-electron chi connectivity index (χ1n) is 7.61. The van der Waals surface area contributed by atoms with Crippen LogP contribution in [-0.4, -0.2) is 58.2 Å². The second-order valence-corrected chi connectivity index (χ2v) is 5.59. The molecule has 2 N–H and O–H groups in total. The van der Waals surface area contributed by atoms with Crippen molar-refractivity contribution in [3.8, 4) is 0 Å². The van der Waals surface area contributed by atoms with Gasteiger partial charge in [0.25, 0.3) is 0 Å². The molecule has 1 aliphatic rings. The van der Waals surface area contributed by atoms with Gasteiger partial charge in [-0.15, -0.1) is 0 Å². The van der Waals surface area contributed by atoms with Crippen LogP contribution in [-0.2, 0) is 11.3 Å². The van der Waals surface area contributed by atoms with E-state index in [1.807, 2.05) is 12.3 Å². The predicted molar refractivity (Wildman–Crippen MR) is 83.6 cm³/mol. The summed E-state index contributed by atoms with van der Waals surface area (Å²) in [5, 5.41) is 3.35. The quantitative estimate of drug-likeness (QED) is 0.801. The third-order valence-corrected chi connectivity index (χ3v) is 3.81. The molecule has 1 saturated heterocycles. The molecule has 2 aromatic rings. The lowest BCUT2D eigenvalue weighted by Crippen LogP contribution is -2.25. The molecule has 7 nitrogen and oxygen atoms in total. The van der Waals surface area contributed by atoms with Gasteiger partial charge in [-0.05, 0) is 13.5 Å². The van der Waals surface area contributed by atoms with Crippen LogP contribution in [0.2, 0.25) is 0 Å². The smallest absolute Gasteiger partial charge is 0.129 e. The summed E-state index contributed by atoms with van der Waals surface area (Å²) in [5.41, 5.74) is 1.07. The third-order valence-electron chi connectivity index (χ3n) is 3.81. The van der Waals surface area contributed by atoms with E-state index in [-0.39, 0.29) is 0 Å². The fourth-order valence-electron chi connectivity index (χ4n) is 2.55. The van der Waals surface area contributed by atoms with Crippen LogP contribution in [0.4, 0.5) is 5.82 Å². The van der Waals surface area contributed by atoms with Crippen molar-refractivity contribution in [2.24, 2.45) is 0 Å². The average Bonchev–Trinajstić information content (AvgIpc) is 3.21. The van der Waals surface area contributed by atoms with Gasteiger partial charge in [-0.2, -0.15) is 0 Å². The number of rotatable bonds is 7. The van der Waals surface area contributed by atoms with Gasteiger partial charge < -0.3 is 15.0 Å². The van der Waals surface area contributed by atoms with Crippen molar-refractivity contribution < 1.29 is 4.74 Å². The topological polar surface area (TPSA) is 79.0 Å². The number of hydrogen-bond donors (Lipinski definition) is 2. The molecule has 0 amide bonds. The molecule has 3 heterocycles. The van der Waals surface area contributed by atoms with Gasteiger partial charge in [0.05, 0.1) is 18.8 Å². The van der Waals surface area contributed by atoms with Gasteiger partial charge in [-0.25, -0.2) is 15.0 Å². The van der Waals surface area contributed by atoms with Crippen LogP contribution in [0.3, 0.4) is 0 Å². The summed E-state index contributed by atoms with van der Waals surface area (Å²) in [4.78, 5) is 18.2. The van der Waals surface area contributed by atoms with E-state index in [2.05, 4.69) is 37.2 Å². The first-order chi connectivity index (χ1) is 10.8. The summed E-state index contributed by atoms with van der Waals surface area (Å²) in [6.45, 7) is 4.14. The summed E-state index contributed by atoms with van der Waals surface area (Å²) >= 11 is 0. The van der Waals surface area contributed by atoms with Crippen molar-refractivity contribution in [3.63, 3.8) is 0 Å². The number of H-pyrrole nitrogens is 1. The first kappa shape index (κ1) is 14.9.